The Bertz CT molecular complexity index is 854. The van der Waals surface area contributed by atoms with Gasteiger partial charge in [0, 0.05) is 13.8 Å². The first-order chi connectivity index (χ1) is 18.8. The van der Waals surface area contributed by atoms with Gasteiger partial charge in [0.1, 0.15) is 73.1 Å². The molecule has 0 aliphatic carbocycles. The number of amides is 2. The highest BCUT2D eigenvalue weighted by molar-refractivity contribution is 5.73. The van der Waals surface area contributed by atoms with E-state index >= 15 is 0 Å². The molecule has 0 bridgehead atoms. The van der Waals surface area contributed by atoms with Crippen molar-refractivity contribution in [2.45, 2.75) is 106 Å². The SMILES string of the molecule is CC(=O)N[C@H]1[C@H](OC[C@H]2O[C@@H](OC[C@H]3OC(O)[C@H](O)[C@@H](O)[C@H]3O)[C@H](NC(C)=O)[C@@H](O)[C@@H]2O)O[C@H](CO)[C@@H](O)[C@@H]1O. The Morgan fingerprint density at radius 1 is 0.600 bits per heavy atom. The topological polar surface area (TPSA) is 286 Å². The van der Waals surface area contributed by atoms with Gasteiger partial charge in [-0.05, 0) is 0 Å². The highest BCUT2D eigenvalue weighted by atomic mass is 16.7. The van der Waals surface area contributed by atoms with Crippen LogP contribution in [-0.4, -0.2) is 170 Å². The van der Waals surface area contributed by atoms with Crippen molar-refractivity contribution in [1.29, 1.82) is 0 Å². The van der Waals surface area contributed by atoms with E-state index in [2.05, 4.69) is 10.6 Å². The number of hydrogen-bond donors (Lipinski definition) is 11. The summed E-state index contributed by atoms with van der Waals surface area (Å²) in [7, 11) is 0. The van der Waals surface area contributed by atoms with Gasteiger partial charge in [0.25, 0.3) is 0 Å². The van der Waals surface area contributed by atoms with Gasteiger partial charge in [-0.3, -0.25) is 9.59 Å². The molecule has 3 heterocycles. The number of rotatable bonds is 9. The standard InChI is InChI=1S/C22H38N2O16/c1-6(26)23-11-16(31)13(28)8(3-25)39-21(11)37-5-10-14(29)17(32)12(24-7(2)27)22(40-10)36-4-9-15(30)18(33)19(34)20(35)38-9/h8-22,25,28-35H,3-5H2,1-2H3,(H,23,26)(H,24,27)/t8-,9-,10-,11-,12-,13-,14-,15+,16-,17-,18+,19-,20?,21-,22-/m1/s1. The van der Waals surface area contributed by atoms with E-state index in [4.69, 9.17) is 23.7 Å². The van der Waals surface area contributed by atoms with Gasteiger partial charge < -0.3 is 80.3 Å². The summed E-state index contributed by atoms with van der Waals surface area (Å²) in [4.78, 5) is 23.4. The highest BCUT2D eigenvalue weighted by Crippen LogP contribution is 2.27. The van der Waals surface area contributed by atoms with Crippen molar-refractivity contribution in [3.05, 3.63) is 0 Å². The first-order valence-electron chi connectivity index (χ1n) is 12.6. The minimum absolute atomic E-state index is 0.557. The van der Waals surface area contributed by atoms with E-state index in [1.807, 2.05) is 0 Å². The van der Waals surface area contributed by atoms with Gasteiger partial charge in [-0.1, -0.05) is 0 Å². The van der Waals surface area contributed by atoms with E-state index in [-0.39, 0.29) is 0 Å². The Labute approximate surface area is 228 Å². The van der Waals surface area contributed by atoms with Gasteiger partial charge in [0.2, 0.25) is 11.8 Å². The predicted molar refractivity (Wildman–Crippen MR) is 124 cm³/mol. The summed E-state index contributed by atoms with van der Waals surface area (Å²) in [6.07, 6.45) is -20.6. The maximum absolute atomic E-state index is 11.7. The van der Waals surface area contributed by atoms with E-state index in [1.165, 1.54) is 0 Å². The Morgan fingerprint density at radius 3 is 1.45 bits per heavy atom. The fraction of sp³-hybridized carbons (Fsp3) is 0.909. The van der Waals surface area contributed by atoms with Gasteiger partial charge in [-0.15, -0.1) is 0 Å². The number of nitrogens with one attached hydrogen (secondary N) is 2. The van der Waals surface area contributed by atoms with Crippen LogP contribution in [0.3, 0.4) is 0 Å². The zero-order valence-electron chi connectivity index (χ0n) is 21.7. The molecule has 0 aromatic rings. The maximum atomic E-state index is 11.7. The molecule has 2 amide bonds. The monoisotopic (exact) mass is 586 g/mol. The van der Waals surface area contributed by atoms with Crippen molar-refractivity contribution in [2.75, 3.05) is 19.8 Å². The van der Waals surface area contributed by atoms with Crippen LogP contribution in [0.1, 0.15) is 13.8 Å². The molecule has 40 heavy (non-hydrogen) atoms. The molecule has 3 rings (SSSR count). The summed E-state index contributed by atoms with van der Waals surface area (Å²) in [5.41, 5.74) is 0. The summed E-state index contributed by atoms with van der Waals surface area (Å²) in [6.45, 7) is 0.453. The maximum Gasteiger partial charge on any atom is 0.217 e. The molecule has 18 heteroatoms. The highest BCUT2D eigenvalue weighted by Gasteiger charge is 2.50. The molecule has 0 spiro atoms. The average molecular weight is 587 g/mol. The van der Waals surface area contributed by atoms with Crippen LogP contribution in [0, 0.1) is 0 Å². The summed E-state index contributed by atoms with van der Waals surface area (Å²) in [5, 5.41) is 95.6. The third-order valence-corrected chi connectivity index (χ3v) is 6.86. The van der Waals surface area contributed by atoms with Gasteiger partial charge in [0.05, 0.1) is 19.8 Å². The van der Waals surface area contributed by atoms with Crippen molar-refractivity contribution in [3.63, 3.8) is 0 Å². The number of ether oxygens (including phenoxy) is 5. The number of carbonyl (C=O) groups is 2. The molecule has 3 fully saturated rings. The van der Waals surface area contributed by atoms with Gasteiger partial charge in [-0.2, -0.15) is 0 Å². The number of hydrogen-bond acceptors (Lipinski definition) is 16. The molecule has 0 aromatic carbocycles. The largest absolute Gasteiger partial charge is 0.394 e. The average Bonchev–Trinajstić information content (AvgIpc) is 2.90. The van der Waals surface area contributed by atoms with Crippen LogP contribution >= 0.6 is 0 Å². The van der Waals surface area contributed by atoms with E-state index in [0.717, 1.165) is 13.8 Å². The fourth-order valence-corrected chi connectivity index (χ4v) is 4.66. The Kier molecular flexibility index (Phi) is 11.5. The molecule has 15 atom stereocenters. The number of carbonyl (C=O) groups excluding carboxylic acids is 2. The lowest BCUT2D eigenvalue weighted by Gasteiger charge is -2.45. The molecule has 1 unspecified atom stereocenters. The van der Waals surface area contributed by atoms with E-state index in [9.17, 15) is 55.5 Å². The Hall–Kier alpha value is -1.62. The normalized spacial score (nSPS) is 46.0. The van der Waals surface area contributed by atoms with Crippen LogP contribution in [0.15, 0.2) is 0 Å². The summed E-state index contributed by atoms with van der Waals surface area (Å²) >= 11 is 0. The Morgan fingerprint density at radius 2 is 1.00 bits per heavy atom. The smallest absolute Gasteiger partial charge is 0.217 e. The second kappa shape index (κ2) is 14.0. The van der Waals surface area contributed by atoms with Crippen LogP contribution in [0.25, 0.3) is 0 Å². The van der Waals surface area contributed by atoms with Gasteiger partial charge in [-0.25, -0.2) is 0 Å². The Balaban J connectivity index is 1.72. The van der Waals surface area contributed by atoms with E-state index in [1.54, 1.807) is 0 Å². The molecule has 3 saturated heterocycles. The van der Waals surface area contributed by atoms with Crippen LogP contribution in [-0.2, 0) is 33.3 Å². The van der Waals surface area contributed by atoms with Crippen LogP contribution in [0.5, 0.6) is 0 Å². The third kappa shape index (κ3) is 7.41. The predicted octanol–water partition coefficient (Wildman–Crippen LogP) is -7.29. The molecule has 0 saturated carbocycles. The molecule has 0 aromatic heterocycles. The van der Waals surface area contributed by atoms with E-state index in [0.29, 0.717) is 0 Å². The van der Waals surface area contributed by atoms with Crippen molar-refractivity contribution in [2.24, 2.45) is 0 Å². The zero-order chi connectivity index (χ0) is 29.9. The zero-order valence-corrected chi connectivity index (χ0v) is 21.7. The molecular weight excluding hydrogens is 548 g/mol. The lowest BCUT2D eigenvalue weighted by atomic mass is 9.96. The van der Waals surface area contributed by atoms with Crippen molar-refractivity contribution < 1.29 is 79.2 Å². The molecule has 11 N–H and O–H groups in total. The van der Waals surface area contributed by atoms with Crippen LogP contribution in [0.4, 0.5) is 0 Å². The third-order valence-electron chi connectivity index (χ3n) is 6.86. The van der Waals surface area contributed by atoms with Crippen molar-refractivity contribution >= 4 is 11.8 Å². The summed E-state index contributed by atoms with van der Waals surface area (Å²) in [5.74, 6) is -1.22. The van der Waals surface area contributed by atoms with Crippen molar-refractivity contribution in [1.82, 2.24) is 10.6 Å². The first-order valence-corrected chi connectivity index (χ1v) is 12.6. The van der Waals surface area contributed by atoms with Crippen LogP contribution in [0.2, 0.25) is 0 Å². The molecule has 3 aliphatic rings. The minimum atomic E-state index is -1.84. The minimum Gasteiger partial charge on any atom is -0.394 e. The van der Waals surface area contributed by atoms with Gasteiger partial charge in [0.15, 0.2) is 18.9 Å². The summed E-state index contributed by atoms with van der Waals surface area (Å²) < 4.78 is 27.4. The van der Waals surface area contributed by atoms with E-state index < -0.39 is 124 Å². The second-order valence-corrected chi connectivity index (χ2v) is 9.89. The quantitative estimate of drug-likeness (QED) is 0.120. The number of aliphatic hydroxyl groups excluding tert-OH is 9. The molecule has 0 radical (unpaired) electrons. The fourth-order valence-electron chi connectivity index (χ4n) is 4.66. The lowest BCUT2D eigenvalue weighted by Crippen LogP contribution is -2.67. The lowest BCUT2D eigenvalue weighted by molar-refractivity contribution is -0.320. The first kappa shape index (κ1) is 32.9. The molecule has 18 nitrogen and oxygen atoms in total. The molecule has 232 valence electrons. The van der Waals surface area contributed by atoms with Crippen LogP contribution < -0.4 is 10.6 Å². The second-order valence-electron chi connectivity index (χ2n) is 9.89. The van der Waals surface area contributed by atoms with Gasteiger partial charge >= 0.3 is 0 Å². The molecular formula is C22H38N2O16. The number of aliphatic hydroxyl groups is 9. The molecule has 3 aliphatic heterocycles. The van der Waals surface area contributed by atoms with Crippen molar-refractivity contribution in [3.8, 4) is 0 Å². The summed E-state index contributed by atoms with van der Waals surface area (Å²) in [6, 6.07) is -2.64.